The van der Waals surface area contributed by atoms with Crippen LogP contribution in [0, 0.1) is 12.7 Å². The number of sulfonamides is 1. The Bertz CT molecular complexity index is 1180. The number of aromatic nitrogens is 2. The van der Waals surface area contributed by atoms with E-state index in [-0.39, 0.29) is 23.5 Å². The van der Waals surface area contributed by atoms with Crippen LogP contribution in [0.25, 0.3) is 11.0 Å². The van der Waals surface area contributed by atoms with Crippen molar-refractivity contribution in [1.82, 2.24) is 14.3 Å². The Kier molecular flexibility index (Phi) is 4.75. The highest BCUT2D eigenvalue weighted by Crippen LogP contribution is 2.11. The second-order valence-electron chi connectivity index (χ2n) is 5.78. The summed E-state index contributed by atoms with van der Waals surface area (Å²) in [6.07, 6.45) is 0. The van der Waals surface area contributed by atoms with Gasteiger partial charge in [-0.3, -0.25) is 9.59 Å². The lowest BCUT2D eigenvalue weighted by atomic mass is 10.2. The molecule has 1 heterocycles. The highest BCUT2D eigenvalue weighted by molar-refractivity contribution is 7.89. The van der Waals surface area contributed by atoms with Crippen LogP contribution in [0.1, 0.15) is 5.56 Å². The molecule has 3 aromatic rings. The Balaban J connectivity index is 1.86. The van der Waals surface area contributed by atoms with Gasteiger partial charge in [-0.1, -0.05) is 17.7 Å². The van der Waals surface area contributed by atoms with Gasteiger partial charge in [-0.05, 0) is 37.3 Å². The van der Waals surface area contributed by atoms with Gasteiger partial charge in [-0.25, -0.2) is 17.5 Å². The molecule has 2 N–H and O–H groups in total. The van der Waals surface area contributed by atoms with Gasteiger partial charge in [0.1, 0.15) is 5.82 Å². The molecule has 7 nitrogen and oxygen atoms in total. The third-order valence-electron chi connectivity index (χ3n) is 3.90. The third kappa shape index (κ3) is 3.58. The van der Waals surface area contributed by atoms with Gasteiger partial charge >= 0.3 is 11.1 Å². The first-order chi connectivity index (χ1) is 12.3. The van der Waals surface area contributed by atoms with Crippen LogP contribution in [-0.4, -0.2) is 24.5 Å². The Labute approximate surface area is 148 Å². The number of nitrogens with one attached hydrogen (secondary N) is 2. The summed E-state index contributed by atoms with van der Waals surface area (Å²) >= 11 is 0. The maximum Gasteiger partial charge on any atom is 0.316 e. The van der Waals surface area contributed by atoms with Crippen LogP contribution in [0.3, 0.4) is 0 Å². The summed E-state index contributed by atoms with van der Waals surface area (Å²) in [6, 6.07) is 9.94. The molecule has 0 bridgehead atoms. The predicted octanol–water partition coefficient (Wildman–Crippen LogP) is 1.12. The van der Waals surface area contributed by atoms with Crippen molar-refractivity contribution in [3.8, 4) is 0 Å². The molecule has 3 rings (SSSR count). The lowest BCUT2D eigenvalue weighted by Gasteiger charge is -2.11. The minimum atomic E-state index is -3.74. The number of aryl methyl sites for hydroxylation is 1. The normalized spacial score (nSPS) is 11.8. The first-order valence-corrected chi connectivity index (χ1v) is 9.25. The molecule has 0 unspecified atom stereocenters. The number of nitrogens with zero attached hydrogens (tertiary/aromatic N) is 1. The fourth-order valence-electron chi connectivity index (χ4n) is 2.57. The van der Waals surface area contributed by atoms with Crippen molar-refractivity contribution >= 4 is 21.1 Å². The highest BCUT2D eigenvalue weighted by Gasteiger charge is 2.14. The first kappa shape index (κ1) is 18.0. The Morgan fingerprint density at radius 1 is 1.12 bits per heavy atom. The number of H-pyrrole nitrogens is 1. The van der Waals surface area contributed by atoms with Crippen molar-refractivity contribution in [2.24, 2.45) is 0 Å². The summed E-state index contributed by atoms with van der Waals surface area (Å²) in [5, 5.41) is 0. The van der Waals surface area contributed by atoms with Gasteiger partial charge in [0, 0.05) is 13.1 Å². The fraction of sp³-hybridized carbons (Fsp3) is 0.176. The number of hydrogen-bond donors (Lipinski definition) is 2. The van der Waals surface area contributed by atoms with Crippen LogP contribution in [0.2, 0.25) is 0 Å². The van der Waals surface area contributed by atoms with Gasteiger partial charge in [0.25, 0.3) is 0 Å². The van der Waals surface area contributed by atoms with E-state index < -0.39 is 27.0 Å². The summed E-state index contributed by atoms with van der Waals surface area (Å²) in [5.41, 5.74) is -0.331. The Morgan fingerprint density at radius 3 is 2.50 bits per heavy atom. The molecular weight excluding hydrogens is 361 g/mol. The van der Waals surface area contributed by atoms with E-state index >= 15 is 0 Å². The quantitative estimate of drug-likeness (QED) is 0.651. The molecule has 0 aliphatic rings. The van der Waals surface area contributed by atoms with E-state index in [2.05, 4.69) is 9.71 Å². The Morgan fingerprint density at radius 2 is 1.81 bits per heavy atom. The van der Waals surface area contributed by atoms with Gasteiger partial charge in [0.15, 0.2) is 0 Å². The van der Waals surface area contributed by atoms with Crippen molar-refractivity contribution in [2.75, 3.05) is 6.54 Å². The Hall–Kier alpha value is -2.78. The maximum absolute atomic E-state index is 13.3. The summed E-state index contributed by atoms with van der Waals surface area (Å²) in [7, 11) is -3.74. The third-order valence-corrected chi connectivity index (χ3v) is 5.37. The van der Waals surface area contributed by atoms with Crippen LogP contribution < -0.4 is 15.8 Å². The van der Waals surface area contributed by atoms with Gasteiger partial charge in [0.2, 0.25) is 10.0 Å². The number of hydrogen-bond acceptors (Lipinski definition) is 4. The molecule has 9 heteroatoms. The minimum Gasteiger partial charge on any atom is -0.316 e. The molecule has 0 aliphatic heterocycles. The van der Waals surface area contributed by atoms with Crippen LogP contribution in [0.5, 0.6) is 0 Å². The topological polar surface area (TPSA) is 101 Å². The maximum atomic E-state index is 13.3. The zero-order chi connectivity index (χ0) is 18.9. The summed E-state index contributed by atoms with van der Waals surface area (Å²) in [6.45, 7) is 1.67. The number of benzene rings is 2. The SMILES string of the molecule is Cc1ccc(S(=O)(=O)NCCn2c(=O)c(=O)[nH]c3cc(F)ccc32)cc1. The largest absolute Gasteiger partial charge is 0.316 e. The van der Waals surface area contributed by atoms with Crippen LogP contribution in [-0.2, 0) is 16.6 Å². The molecule has 1 aromatic heterocycles. The molecule has 0 amide bonds. The predicted molar refractivity (Wildman–Crippen MR) is 95.2 cm³/mol. The van der Waals surface area contributed by atoms with Crippen molar-refractivity contribution in [3.63, 3.8) is 0 Å². The lowest BCUT2D eigenvalue weighted by Crippen LogP contribution is -2.39. The zero-order valence-electron chi connectivity index (χ0n) is 13.8. The smallest absolute Gasteiger partial charge is 0.316 e. The lowest BCUT2D eigenvalue weighted by molar-refractivity contribution is 0.572. The van der Waals surface area contributed by atoms with E-state index in [0.29, 0.717) is 5.52 Å². The number of fused-ring (bicyclic) bond motifs is 1. The van der Waals surface area contributed by atoms with Crippen molar-refractivity contribution in [3.05, 3.63) is 74.6 Å². The van der Waals surface area contributed by atoms with Crippen molar-refractivity contribution < 1.29 is 12.8 Å². The van der Waals surface area contributed by atoms with E-state index in [1.54, 1.807) is 12.1 Å². The van der Waals surface area contributed by atoms with Crippen LogP contribution in [0.15, 0.2) is 56.9 Å². The number of aromatic amines is 1. The molecular formula is C17H16FN3O4S. The van der Waals surface area contributed by atoms with E-state index in [4.69, 9.17) is 0 Å². The summed E-state index contributed by atoms with van der Waals surface area (Å²) in [5.74, 6) is -0.557. The van der Waals surface area contributed by atoms with Gasteiger partial charge in [-0.2, -0.15) is 0 Å². The molecule has 0 saturated carbocycles. The average molecular weight is 377 g/mol. The van der Waals surface area contributed by atoms with Crippen LogP contribution in [0.4, 0.5) is 4.39 Å². The first-order valence-electron chi connectivity index (χ1n) is 7.77. The fourth-order valence-corrected chi connectivity index (χ4v) is 3.59. The van der Waals surface area contributed by atoms with E-state index in [1.807, 2.05) is 6.92 Å². The molecule has 2 aromatic carbocycles. The van der Waals surface area contributed by atoms with Crippen molar-refractivity contribution in [1.29, 1.82) is 0 Å². The molecule has 136 valence electrons. The minimum absolute atomic E-state index is 0.0734. The van der Waals surface area contributed by atoms with E-state index in [1.165, 1.54) is 18.2 Å². The average Bonchev–Trinajstić information content (AvgIpc) is 2.58. The second-order valence-corrected chi connectivity index (χ2v) is 7.55. The van der Waals surface area contributed by atoms with Gasteiger partial charge < -0.3 is 9.55 Å². The number of rotatable bonds is 5. The monoisotopic (exact) mass is 377 g/mol. The van der Waals surface area contributed by atoms with E-state index in [9.17, 15) is 22.4 Å². The van der Waals surface area contributed by atoms with Gasteiger partial charge in [0.05, 0.1) is 15.9 Å². The molecule has 0 saturated heterocycles. The second kappa shape index (κ2) is 6.85. The molecule has 0 spiro atoms. The summed E-state index contributed by atoms with van der Waals surface area (Å²) in [4.78, 5) is 26.2. The van der Waals surface area contributed by atoms with Crippen LogP contribution >= 0.6 is 0 Å². The molecule has 26 heavy (non-hydrogen) atoms. The van der Waals surface area contributed by atoms with E-state index in [0.717, 1.165) is 22.3 Å². The number of halogens is 1. The summed E-state index contributed by atoms with van der Waals surface area (Å²) < 4.78 is 41.4. The van der Waals surface area contributed by atoms with Gasteiger partial charge in [-0.15, -0.1) is 0 Å². The zero-order valence-corrected chi connectivity index (χ0v) is 14.6. The molecule has 0 radical (unpaired) electrons. The molecule has 0 aliphatic carbocycles. The highest BCUT2D eigenvalue weighted by atomic mass is 32.2. The van der Waals surface area contributed by atoms with Crippen molar-refractivity contribution in [2.45, 2.75) is 18.4 Å². The molecule has 0 fully saturated rings. The standard InChI is InChI=1S/C17H16FN3O4S/c1-11-2-5-13(6-3-11)26(24,25)19-8-9-21-15-7-4-12(18)10-14(15)20-16(22)17(21)23/h2-7,10,19H,8-9H2,1H3,(H,20,22). The molecule has 0 atom stereocenters.